The van der Waals surface area contributed by atoms with Gasteiger partial charge in [0.1, 0.15) is 6.04 Å². The number of fused-ring (bicyclic) bond motifs is 1. The molecule has 184 valence electrons. The Morgan fingerprint density at radius 1 is 1.11 bits per heavy atom. The highest BCUT2D eigenvalue weighted by atomic mass is 32.1. The third-order valence-electron chi connectivity index (χ3n) is 5.76. The minimum absolute atomic E-state index is 0.300. The van der Waals surface area contributed by atoms with Gasteiger partial charge in [0.25, 0.3) is 5.91 Å². The predicted octanol–water partition coefficient (Wildman–Crippen LogP) is 4.36. The maximum atomic E-state index is 13.7. The maximum Gasteiger partial charge on any atom is 0.255 e. The summed E-state index contributed by atoms with van der Waals surface area (Å²) in [6, 6.07) is 10.4. The Morgan fingerprint density at radius 2 is 1.89 bits per heavy atom. The summed E-state index contributed by atoms with van der Waals surface area (Å²) in [7, 11) is 4.65. The molecule has 1 aromatic carbocycles. The third kappa shape index (κ3) is 4.13. The second kappa shape index (κ2) is 9.70. The number of thiophene rings is 1. The van der Waals surface area contributed by atoms with Crippen molar-refractivity contribution in [3.8, 4) is 28.0 Å². The zero-order valence-electron chi connectivity index (χ0n) is 20.1. The lowest BCUT2D eigenvalue weighted by atomic mass is 9.94. The number of ether oxygens (including phenoxy) is 3. The summed E-state index contributed by atoms with van der Waals surface area (Å²) in [4.78, 5) is 23.4. The van der Waals surface area contributed by atoms with Crippen LogP contribution >= 0.6 is 11.3 Å². The van der Waals surface area contributed by atoms with E-state index < -0.39 is 6.04 Å². The first kappa shape index (κ1) is 23.4. The number of nitrogens with zero attached hydrogens (tertiary/aromatic N) is 4. The van der Waals surface area contributed by atoms with Crippen molar-refractivity contribution in [2.75, 3.05) is 32.0 Å². The maximum absolute atomic E-state index is 13.7. The van der Waals surface area contributed by atoms with Gasteiger partial charge in [-0.15, -0.1) is 16.4 Å². The first-order chi connectivity index (χ1) is 17.5. The first-order valence-corrected chi connectivity index (χ1v) is 11.9. The molecule has 0 fully saturated rings. The van der Waals surface area contributed by atoms with E-state index in [2.05, 4.69) is 15.6 Å². The highest BCUT2D eigenvalue weighted by molar-refractivity contribution is 7.13. The highest BCUT2D eigenvalue weighted by Crippen LogP contribution is 2.44. The van der Waals surface area contributed by atoms with Gasteiger partial charge in [0.05, 0.1) is 43.7 Å². The molecule has 0 saturated carbocycles. The molecule has 0 saturated heterocycles. The monoisotopic (exact) mass is 504 g/mol. The molecule has 1 amide bonds. The standard InChI is InChI=1S/C25H24N6O4S/c1-14-20(24(32)28-16-7-5-9-26-13-16)21(15-11-17(33-2)22(35-4)18(12-15)34-3)31-25(27-14)29-23(30-31)19-8-6-10-36-19/h5-13,21H,1-4H3,(H,28,32)(H,27,29,30)/t21-/m0/s1. The van der Waals surface area contributed by atoms with Crippen LogP contribution in [0.1, 0.15) is 18.5 Å². The Hall–Kier alpha value is -4.38. The molecule has 1 aliphatic rings. The Labute approximate surface area is 211 Å². The molecule has 2 N–H and O–H groups in total. The Morgan fingerprint density at radius 3 is 2.50 bits per heavy atom. The second-order valence-corrected chi connectivity index (χ2v) is 8.85. The minimum Gasteiger partial charge on any atom is -0.493 e. The Kier molecular flexibility index (Phi) is 6.30. The van der Waals surface area contributed by atoms with Gasteiger partial charge in [0.15, 0.2) is 17.3 Å². The number of carbonyl (C=O) groups is 1. The molecular weight excluding hydrogens is 480 g/mol. The largest absolute Gasteiger partial charge is 0.493 e. The summed E-state index contributed by atoms with van der Waals surface area (Å²) >= 11 is 1.54. The minimum atomic E-state index is -0.632. The fraction of sp³-hybridized carbons (Fsp3) is 0.200. The van der Waals surface area contributed by atoms with E-state index in [1.165, 1.54) is 0 Å². The van der Waals surface area contributed by atoms with E-state index in [0.717, 1.165) is 4.88 Å². The van der Waals surface area contributed by atoms with Crippen molar-refractivity contribution < 1.29 is 19.0 Å². The van der Waals surface area contributed by atoms with Crippen LogP contribution in [0.15, 0.2) is 65.4 Å². The lowest BCUT2D eigenvalue weighted by Crippen LogP contribution is -2.31. The van der Waals surface area contributed by atoms with Gasteiger partial charge in [-0.25, -0.2) is 4.68 Å². The fourth-order valence-corrected chi connectivity index (χ4v) is 4.81. The van der Waals surface area contributed by atoms with Crippen LogP contribution in [0.3, 0.4) is 0 Å². The topological polar surface area (TPSA) is 112 Å². The molecule has 5 rings (SSSR count). The number of hydrogen-bond acceptors (Lipinski definition) is 9. The molecule has 0 spiro atoms. The molecule has 36 heavy (non-hydrogen) atoms. The number of amides is 1. The zero-order valence-corrected chi connectivity index (χ0v) is 20.9. The zero-order chi connectivity index (χ0) is 25.2. The van der Waals surface area contributed by atoms with E-state index >= 15 is 0 Å². The van der Waals surface area contributed by atoms with Gasteiger partial charge in [-0.1, -0.05) is 6.07 Å². The van der Waals surface area contributed by atoms with Crippen molar-refractivity contribution in [1.29, 1.82) is 0 Å². The number of hydrogen-bond donors (Lipinski definition) is 2. The van der Waals surface area contributed by atoms with Crippen molar-refractivity contribution in [2.45, 2.75) is 13.0 Å². The number of methoxy groups -OCH3 is 3. The predicted molar refractivity (Wildman–Crippen MR) is 137 cm³/mol. The highest BCUT2D eigenvalue weighted by Gasteiger charge is 2.36. The molecule has 10 nitrogen and oxygen atoms in total. The summed E-state index contributed by atoms with van der Waals surface area (Å²) in [5.41, 5.74) is 2.40. The van der Waals surface area contributed by atoms with Gasteiger partial charge >= 0.3 is 0 Å². The number of rotatable bonds is 7. The number of carbonyl (C=O) groups excluding carboxylic acids is 1. The molecular formula is C25H24N6O4S. The van der Waals surface area contributed by atoms with E-state index in [-0.39, 0.29) is 5.91 Å². The van der Waals surface area contributed by atoms with Crippen LogP contribution in [-0.2, 0) is 4.79 Å². The smallest absolute Gasteiger partial charge is 0.255 e. The summed E-state index contributed by atoms with van der Waals surface area (Å²) in [5.74, 6) is 2.17. The Bertz CT molecular complexity index is 1410. The van der Waals surface area contributed by atoms with Crippen LogP contribution < -0.4 is 24.8 Å². The second-order valence-electron chi connectivity index (χ2n) is 7.90. The normalized spacial score (nSPS) is 14.6. The van der Waals surface area contributed by atoms with Gasteiger partial charge in [0.2, 0.25) is 11.7 Å². The summed E-state index contributed by atoms with van der Waals surface area (Å²) < 4.78 is 18.4. The molecule has 3 aromatic heterocycles. The van der Waals surface area contributed by atoms with Crippen LogP contribution in [0, 0.1) is 0 Å². The van der Waals surface area contributed by atoms with Gasteiger partial charge in [-0.05, 0) is 48.2 Å². The van der Waals surface area contributed by atoms with Crippen molar-refractivity contribution in [1.82, 2.24) is 19.7 Å². The lowest BCUT2D eigenvalue weighted by molar-refractivity contribution is -0.113. The fourth-order valence-electron chi connectivity index (χ4n) is 4.16. The van der Waals surface area contributed by atoms with Crippen LogP contribution in [0.2, 0.25) is 0 Å². The van der Waals surface area contributed by atoms with E-state index in [1.54, 1.807) is 61.9 Å². The number of benzene rings is 1. The molecule has 0 radical (unpaired) electrons. The van der Waals surface area contributed by atoms with E-state index in [9.17, 15) is 4.79 Å². The summed E-state index contributed by atoms with van der Waals surface area (Å²) in [5, 5.41) is 12.9. The average Bonchev–Trinajstić information content (AvgIpc) is 3.57. The van der Waals surface area contributed by atoms with E-state index in [4.69, 9.17) is 24.3 Å². The SMILES string of the molecule is COc1cc([C@H]2C(C(=O)Nc3cccnc3)=C(C)Nc3nc(-c4cccs4)nn32)cc(OC)c1OC. The molecule has 4 heterocycles. The van der Waals surface area contributed by atoms with Gasteiger partial charge in [-0.3, -0.25) is 9.78 Å². The van der Waals surface area contributed by atoms with Crippen molar-refractivity contribution in [3.05, 3.63) is 71.0 Å². The third-order valence-corrected chi connectivity index (χ3v) is 6.63. The number of aromatic nitrogens is 4. The molecule has 1 aliphatic heterocycles. The van der Waals surface area contributed by atoms with Crippen LogP contribution in [0.25, 0.3) is 10.7 Å². The number of allylic oxidation sites excluding steroid dienone is 1. The van der Waals surface area contributed by atoms with Crippen molar-refractivity contribution in [3.63, 3.8) is 0 Å². The number of pyridine rings is 1. The molecule has 4 aromatic rings. The number of anilines is 2. The average molecular weight is 505 g/mol. The van der Waals surface area contributed by atoms with E-state index in [1.807, 2.05) is 36.6 Å². The van der Waals surface area contributed by atoms with Gasteiger partial charge in [-0.2, -0.15) is 4.98 Å². The van der Waals surface area contributed by atoms with Gasteiger partial charge in [0, 0.05) is 11.9 Å². The quantitative estimate of drug-likeness (QED) is 0.382. The van der Waals surface area contributed by atoms with Crippen LogP contribution in [0.4, 0.5) is 11.6 Å². The van der Waals surface area contributed by atoms with Crippen LogP contribution in [-0.4, -0.2) is 47.0 Å². The number of nitrogens with one attached hydrogen (secondary N) is 2. The molecule has 0 bridgehead atoms. The van der Waals surface area contributed by atoms with Gasteiger partial charge < -0.3 is 24.8 Å². The van der Waals surface area contributed by atoms with Crippen molar-refractivity contribution >= 4 is 28.9 Å². The molecule has 0 unspecified atom stereocenters. The lowest BCUT2D eigenvalue weighted by Gasteiger charge is -2.29. The molecule has 11 heteroatoms. The summed E-state index contributed by atoms with van der Waals surface area (Å²) in [6.07, 6.45) is 3.24. The van der Waals surface area contributed by atoms with E-state index in [0.29, 0.717) is 51.5 Å². The Balaban J connectivity index is 1.67. The van der Waals surface area contributed by atoms with Crippen LogP contribution in [0.5, 0.6) is 17.2 Å². The summed E-state index contributed by atoms with van der Waals surface area (Å²) in [6.45, 7) is 1.84. The molecule has 1 atom stereocenters. The first-order valence-electron chi connectivity index (χ1n) is 11.0. The molecule has 0 aliphatic carbocycles. The van der Waals surface area contributed by atoms with Crippen molar-refractivity contribution in [2.24, 2.45) is 0 Å².